The van der Waals surface area contributed by atoms with Crippen LogP contribution in [0.15, 0.2) is 18.2 Å². The van der Waals surface area contributed by atoms with E-state index >= 15 is 0 Å². The zero-order valence-electron chi connectivity index (χ0n) is 8.55. The quantitative estimate of drug-likeness (QED) is 0.478. The zero-order valence-corrected chi connectivity index (χ0v) is 10.7. The predicted molar refractivity (Wildman–Crippen MR) is 53.4 cm³/mol. The van der Waals surface area contributed by atoms with E-state index in [1.54, 1.807) is 6.07 Å². The fourth-order valence-corrected chi connectivity index (χ4v) is 0.898. The van der Waals surface area contributed by atoms with Crippen molar-refractivity contribution >= 4 is 23.1 Å². The predicted octanol–water partition coefficient (Wildman–Crippen LogP) is -1.09. The van der Waals surface area contributed by atoms with Crippen molar-refractivity contribution in [1.82, 2.24) is 0 Å². The van der Waals surface area contributed by atoms with Gasteiger partial charge in [0.05, 0.1) is 13.2 Å². The van der Waals surface area contributed by atoms with Gasteiger partial charge >= 0.3 is 23.1 Å². The topological polar surface area (TPSA) is 18.5 Å². The van der Waals surface area contributed by atoms with Gasteiger partial charge in [0.15, 0.2) is 0 Å². The summed E-state index contributed by atoms with van der Waals surface area (Å²) in [5.41, 5.74) is 0. The molecule has 0 saturated carbocycles. The van der Waals surface area contributed by atoms with Crippen LogP contribution in [0.5, 0.6) is 11.5 Å². The van der Waals surface area contributed by atoms with Crippen LogP contribution in [0.1, 0.15) is 13.8 Å². The summed E-state index contributed by atoms with van der Waals surface area (Å²) in [6.45, 7) is 5.26. The molecule has 0 unspecified atom stereocenters. The van der Waals surface area contributed by atoms with Gasteiger partial charge in [-0.15, -0.1) is 24.3 Å². The van der Waals surface area contributed by atoms with Gasteiger partial charge in [0.25, 0.3) is 0 Å². The van der Waals surface area contributed by atoms with Gasteiger partial charge in [-0.1, -0.05) is 0 Å². The van der Waals surface area contributed by atoms with Crippen molar-refractivity contribution < 1.29 is 21.9 Å². The first-order valence-corrected chi connectivity index (χ1v) is 4.14. The summed E-state index contributed by atoms with van der Waals surface area (Å²) >= 11 is 0. The van der Waals surface area contributed by atoms with E-state index in [1.165, 1.54) is 0 Å². The van der Waals surface area contributed by atoms with Crippen molar-refractivity contribution in [3.05, 3.63) is 24.3 Å². The van der Waals surface area contributed by atoms with Crippen LogP contribution in [0.25, 0.3) is 0 Å². The van der Waals surface area contributed by atoms with Crippen LogP contribution in [-0.2, 0) is 0 Å². The second kappa shape index (κ2) is 9.43. The van der Waals surface area contributed by atoms with Gasteiger partial charge < -0.3 is 21.9 Å². The maximum absolute atomic E-state index is 5.25. The third-order valence-corrected chi connectivity index (χ3v) is 1.37. The van der Waals surface area contributed by atoms with Gasteiger partial charge in [-0.2, -0.15) is 0 Å². The van der Waals surface area contributed by atoms with Crippen LogP contribution >= 0.6 is 0 Å². The maximum atomic E-state index is 5.25. The number of rotatable bonds is 4. The van der Waals surface area contributed by atoms with Crippen LogP contribution in [0.2, 0.25) is 0 Å². The molecule has 1 rings (SSSR count). The molecule has 0 bridgehead atoms. The monoisotopic (exact) mass is 224 g/mol. The van der Waals surface area contributed by atoms with E-state index in [2.05, 4.69) is 6.07 Å². The minimum atomic E-state index is 0. The van der Waals surface area contributed by atoms with Crippen molar-refractivity contribution in [3.8, 4) is 11.5 Å². The van der Waals surface area contributed by atoms with E-state index in [4.69, 9.17) is 9.47 Å². The van der Waals surface area contributed by atoms with E-state index in [9.17, 15) is 0 Å². The Labute approximate surface area is 108 Å². The van der Waals surface area contributed by atoms with Crippen molar-refractivity contribution in [2.75, 3.05) is 13.2 Å². The second-order valence-electron chi connectivity index (χ2n) is 2.25. The fraction of sp³-hybridized carbons (Fsp3) is 0.400. The van der Waals surface area contributed by atoms with Crippen molar-refractivity contribution in [2.45, 2.75) is 13.8 Å². The molecule has 0 radical (unpaired) electrons. The SMILES string of the molecule is CCOc1[c-]cc(OCC)cc1.[Cl-].[Mg+2]. The molecule has 2 nitrogen and oxygen atoms in total. The number of benzene rings is 1. The summed E-state index contributed by atoms with van der Waals surface area (Å²) in [5, 5.41) is 0. The number of ether oxygens (including phenoxy) is 2. The molecule has 0 aliphatic heterocycles. The van der Waals surface area contributed by atoms with Gasteiger partial charge in [-0.3, -0.25) is 0 Å². The molecule has 0 atom stereocenters. The molecule has 0 heterocycles. The van der Waals surface area contributed by atoms with Crippen LogP contribution in [-0.4, -0.2) is 36.3 Å². The Balaban J connectivity index is 0. The van der Waals surface area contributed by atoms with Crippen LogP contribution in [0.3, 0.4) is 0 Å². The summed E-state index contributed by atoms with van der Waals surface area (Å²) in [6.07, 6.45) is 0. The van der Waals surface area contributed by atoms with Crippen molar-refractivity contribution in [2.24, 2.45) is 0 Å². The molecule has 0 saturated heterocycles. The standard InChI is InChI=1S/C10H13O2.ClH.Mg/c1-3-11-9-5-7-10(8-6-9)12-4-2;;/h5-7H,3-4H2,1-2H3;1H;/q-1;;+2/p-1. The number of hydrogen-bond donors (Lipinski definition) is 0. The Bertz CT molecular complexity index is 201. The third-order valence-electron chi connectivity index (χ3n) is 1.37. The Hall–Kier alpha value is -0.124. The fourth-order valence-electron chi connectivity index (χ4n) is 0.898. The molecule has 0 fully saturated rings. The third kappa shape index (κ3) is 5.57. The van der Waals surface area contributed by atoms with Gasteiger partial charge in [0.1, 0.15) is 0 Å². The Morgan fingerprint density at radius 3 is 2.21 bits per heavy atom. The Morgan fingerprint density at radius 1 is 1.14 bits per heavy atom. The average molecular weight is 225 g/mol. The van der Waals surface area contributed by atoms with Gasteiger partial charge in [0, 0.05) is 11.5 Å². The summed E-state index contributed by atoms with van der Waals surface area (Å²) in [4.78, 5) is 0. The second-order valence-corrected chi connectivity index (χ2v) is 2.25. The molecule has 0 N–H and O–H groups in total. The van der Waals surface area contributed by atoms with Crippen molar-refractivity contribution in [1.29, 1.82) is 0 Å². The minimum absolute atomic E-state index is 0. The van der Waals surface area contributed by atoms with Crippen molar-refractivity contribution in [3.63, 3.8) is 0 Å². The van der Waals surface area contributed by atoms with E-state index in [0.717, 1.165) is 11.5 Å². The van der Waals surface area contributed by atoms with Gasteiger partial charge in [-0.05, 0) is 13.8 Å². The first-order chi connectivity index (χ1) is 5.86. The van der Waals surface area contributed by atoms with Gasteiger partial charge in [0.2, 0.25) is 0 Å². The molecular formula is C10H13ClMgO2. The first kappa shape index (κ1) is 16.3. The van der Waals surface area contributed by atoms with Crippen LogP contribution < -0.4 is 21.9 Å². The summed E-state index contributed by atoms with van der Waals surface area (Å²) in [5.74, 6) is 1.60. The van der Waals surface area contributed by atoms with Gasteiger partial charge in [-0.25, -0.2) is 0 Å². The van der Waals surface area contributed by atoms with E-state index < -0.39 is 0 Å². The minimum Gasteiger partial charge on any atom is -1.00 e. The Kier molecular flexibility index (Phi) is 11.0. The van der Waals surface area contributed by atoms with E-state index in [0.29, 0.717) is 13.2 Å². The molecule has 0 aliphatic carbocycles. The van der Waals surface area contributed by atoms with Crippen LogP contribution in [0.4, 0.5) is 0 Å². The molecule has 0 spiro atoms. The smallest absolute Gasteiger partial charge is 1.00 e. The number of hydrogen-bond acceptors (Lipinski definition) is 2. The van der Waals surface area contributed by atoms with E-state index in [-0.39, 0.29) is 35.5 Å². The summed E-state index contributed by atoms with van der Waals surface area (Å²) < 4.78 is 10.5. The molecular weight excluding hydrogens is 212 g/mol. The first-order valence-electron chi connectivity index (χ1n) is 4.14. The molecule has 4 heteroatoms. The average Bonchev–Trinajstić information content (AvgIpc) is 2.09. The molecule has 1 aromatic carbocycles. The molecule has 14 heavy (non-hydrogen) atoms. The largest absolute Gasteiger partial charge is 2.00 e. The molecule has 74 valence electrons. The zero-order chi connectivity index (χ0) is 8.81. The van der Waals surface area contributed by atoms with E-state index in [1.807, 2.05) is 26.0 Å². The summed E-state index contributed by atoms with van der Waals surface area (Å²) in [7, 11) is 0. The molecule has 0 aliphatic rings. The van der Waals surface area contributed by atoms with Crippen LogP contribution in [0, 0.1) is 6.07 Å². The molecule has 0 aromatic heterocycles. The normalized spacial score (nSPS) is 8.14. The summed E-state index contributed by atoms with van der Waals surface area (Å²) in [6, 6.07) is 8.50. The molecule has 0 amide bonds. The maximum Gasteiger partial charge on any atom is 2.00 e. The number of halogens is 1. The molecule has 1 aromatic rings. The Morgan fingerprint density at radius 2 is 1.79 bits per heavy atom.